The molecule has 1 aliphatic rings. The van der Waals surface area contributed by atoms with Gasteiger partial charge in [0.1, 0.15) is 17.2 Å². The van der Waals surface area contributed by atoms with Gasteiger partial charge < -0.3 is 10.2 Å². The van der Waals surface area contributed by atoms with Crippen LogP contribution in [0.15, 0.2) is 18.2 Å². The van der Waals surface area contributed by atoms with Crippen LogP contribution < -0.4 is 5.32 Å². The van der Waals surface area contributed by atoms with Crippen LogP contribution in [0.4, 0.5) is 8.78 Å². The van der Waals surface area contributed by atoms with E-state index in [1.807, 2.05) is 13.8 Å². The van der Waals surface area contributed by atoms with Gasteiger partial charge in [-0.05, 0) is 26.0 Å². The van der Waals surface area contributed by atoms with Crippen molar-refractivity contribution in [2.24, 2.45) is 0 Å². The third-order valence-electron chi connectivity index (χ3n) is 3.04. The maximum atomic E-state index is 13.5. The summed E-state index contributed by atoms with van der Waals surface area (Å²) in [5.74, 6) is -2.20. The molecule has 0 spiro atoms. The lowest BCUT2D eigenvalue weighted by atomic mass is 10.0. The maximum absolute atomic E-state index is 13.5. The SMILES string of the molecule is CC1(C)CN(C(=O)c2c(F)cccc2F)CCN1. The molecule has 1 amide bonds. The monoisotopic (exact) mass is 254 g/mol. The first-order chi connectivity index (χ1) is 8.41. The number of rotatable bonds is 1. The lowest BCUT2D eigenvalue weighted by Gasteiger charge is -2.39. The highest BCUT2D eigenvalue weighted by molar-refractivity contribution is 5.94. The zero-order valence-corrected chi connectivity index (χ0v) is 10.5. The zero-order valence-electron chi connectivity index (χ0n) is 10.5. The first-order valence-electron chi connectivity index (χ1n) is 5.89. The second kappa shape index (κ2) is 4.65. The summed E-state index contributed by atoms with van der Waals surface area (Å²) in [4.78, 5) is 13.6. The van der Waals surface area contributed by atoms with Crippen molar-refractivity contribution in [1.29, 1.82) is 0 Å². The third kappa shape index (κ3) is 2.51. The Hall–Kier alpha value is -1.49. The zero-order chi connectivity index (χ0) is 13.3. The molecule has 1 fully saturated rings. The van der Waals surface area contributed by atoms with E-state index >= 15 is 0 Å². The maximum Gasteiger partial charge on any atom is 0.259 e. The van der Waals surface area contributed by atoms with Gasteiger partial charge in [-0.15, -0.1) is 0 Å². The van der Waals surface area contributed by atoms with Crippen LogP contribution in [0.5, 0.6) is 0 Å². The molecular formula is C13H16F2N2O. The van der Waals surface area contributed by atoms with Crippen molar-refractivity contribution in [3.63, 3.8) is 0 Å². The Kier molecular flexibility index (Phi) is 3.34. The van der Waals surface area contributed by atoms with E-state index in [1.165, 1.54) is 11.0 Å². The molecule has 2 rings (SSSR count). The summed E-state index contributed by atoms with van der Waals surface area (Å²) >= 11 is 0. The number of benzene rings is 1. The minimum atomic E-state index is -0.809. The van der Waals surface area contributed by atoms with Gasteiger partial charge in [-0.2, -0.15) is 0 Å². The van der Waals surface area contributed by atoms with Crippen LogP contribution in [-0.4, -0.2) is 36.0 Å². The van der Waals surface area contributed by atoms with Gasteiger partial charge >= 0.3 is 0 Å². The number of halogens is 2. The van der Waals surface area contributed by atoms with Gasteiger partial charge in [-0.1, -0.05) is 6.07 Å². The molecule has 1 heterocycles. The van der Waals surface area contributed by atoms with E-state index in [9.17, 15) is 13.6 Å². The molecule has 1 aromatic rings. The van der Waals surface area contributed by atoms with Crippen LogP contribution in [0.2, 0.25) is 0 Å². The van der Waals surface area contributed by atoms with Crippen LogP contribution in [0.1, 0.15) is 24.2 Å². The summed E-state index contributed by atoms with van der Waals surface area (Å²) in [6.07, 6.45) is 0. The molecule has 18 heavy (non-hydrogen) atoms. The van der Waals surface area contributed by atoms with E-state index in [2.05, 4.69) is 5.32 Å². The van der Waals surface area contributed by atoms with Crippen molar-refractivity contribution in [2.75, 3.05) is 19.6 Å². The summed E-state index contributed by atoms with van der Waals surface area (Å²) in [5, 5.41) is 3.24. The van der Waals surface area contributed by atoms with Crippen molar-refractivity contribution in [3.8, 4) is 0 Å². The summed E-state index contributed by atoms with van der Waals surface area (Å²) in [6, 6.07) is 3.45. The van der Waals surface area contributed by atoms with E-state index in [-0.39, 0.29) is 5.54 Å². The lowest BCUT2D eigenvalue weighted by Crippen LogP contribution is -2.58. The average Bonchev–Trinajstić information content (AvgIpc) is 2.27. The Morgan fingerprint density at radius 2 is 1.94 bits per heavy atom. The molecule has 1 N–H and O–H groups in total. The van der Waals surface area contributed by atoms with Gasteiger partial charge in [0.2, 0.25) is 0 Å². The predicted molar refractivity (Wildman–Crippen MR) is 64.3 cm³/mol. The second-order valence-corrected chi connectivity index (χ2v) is 5.13. The highest BCUT2D eigenvalue weighted by Crippen LogP contribution is 2.18. The minimum absolute atomic E-state index is 0.240. The predicted octanol–water partition coefficient (Wildman–Crippen LogP) is 1.79. The summed E-state index contributed by atoms with van der Waals surface area (Å²) in [5.41, 5.74) is -0.703. The van der Waals surface area contributed by atoms with Gasteiger partial charge in [0.05, 0.1) is 0 Å². The highest BCUT2D eigenvalue weighted by atomic mass is 19.1. The number of carbonyl (C=O) groups excluding carboxylic acids is 1. The number of carbonyl (C=O) groups is 1. The van der Waals surface area contributed by atoms with Crippen LogP contribution >= 0.6 is 0 Å². The molecular weight excluding hydrogens is 238 g/mol. The van der Waals surface area contributed by atoms with Gasteiger partial charge in [-0.3, -0.25) is 4.79 Å². The molecule has 0 atom stereocenters. The fraction of sp³-hybridized carbons (Fsp3) is 0.462. The average molecular weight is 254 g/mol. The summed E-state index contributed by atoms with van der Waals surface area (Å²) in [7, 11) is 0. The first kappa shape index (κ1) is 13.0. The quantitative estimate of drug-likeness (QED) is 0.828. The van der Waals surface area contributed by atoms with Gasteiger partial charge in [0.25, 0.3) is 5.91 Å². The van der Waals surface area contributed by atoms with Crippen LogP contribution in [0.25, 0.3) is 0 Å². The van der Waals surface area contributed by atoms with E-state index in [0.717, 1.165) is 12.1 Å². The minimum Gasteiger partial charge on any atom is -0.335 e. The first-order valence-corrected chi connectivity index (χ1v) is 5.89. The van der Waals surface area contributed by atoms with Crippen molar-refractivity contribution in [2.45, 2.75) is 19.4 Å². The lowest BCUT2D eigenvalue weighted by molar-refractivity contribution is 0.0642. The van der Waals surface area contributed by atoms with Crippen molar-refractivity contribution in [3.05, 3.63) is 35.4 Å². The normalized spacial score (nSPS) is 18.8. The third-order valence-corrected chi connectivity index (χ3v) is 3.04. The van der Waals surface area contributed by atoms with Crippen LogP contribution in [-0.2, 0) is 0 Å². The number of hydrogen-bond donors (Lipinski definition) is 1. The molecule has 3 nitrogen and oxygen atoms in total. The topological polar surface area (TPSA) is 32.3 Å². The Bertz CT molecular complexity index is 454. The molecule has 0 aliphatic carbocycles. The van der Waals surface area contributed by atoms with Crippen molar-refractivity contribution < 1.29 is 13.6 Å². The number of nitrogens with one attached hydrogen (secondary N) is 1. The Labute approximate surface area is 105 Å². The molecule has 1 aromatic carbocycles. The molecule has 0 saturated carbocycles. The molecule has 0 bridgehead atoms. The number of nitrogens with zero attached hydrogens (tertiary/aromatic N) is 1. The van der Waals surface area contributed by atoms with E-state index < -0.39 is 23.1 Å². The largest absolute Gasteiger partial charge is 0.335 e. The van der Waals surface area contributed by atoms with Crippen LogP contribution in [0.3, 0.4) is 0 Å². The summed E-state index contributed by atoms with van der Waals surface area (Å²) in [6.45, 7) is 5.40. The molecule has 98 valence electrons. The van der Waals surface area contributed by atoms with E-state index in [4.69, 9.17) is 0 Å². The van der Waals surface area contributed by atoms with E-state index in [0.29, 0.717) is 19.6 Å². The molecule has 1 aliphatic heterocycles. The summed E-state index contributed by atoms with van der Waals surface area (Å²) < 4.78 is 27.1. The molecule has 0 unspecified atom stereocenters. The molecule has 0 radical (unpaired) electrons. The van der Waals surface area contributed by atoms with E-state index in [1.54, 1.807) is 0 Å². The van der Waals surface area contributed by atoms with Gasteiger partial charge in [0, 0.05) is 25.2 Å². The second-order valence-electron chi connectivity index (χ2n) is 5.13. The number of hydrogen-bond acceptors (Lipinski definition) is 2. The molecule has 0 aromatic heterocycles. The fourth-order valence-electron chi connectivity index (χ4n) is 2.17. The smallest absolute Gasteiger partial charge is 0.259 e. The fourth-order valence-corrected chi connectivity index (χ4v) is 2.17. The van der Waals surface area contributed by atoms with Crippen LogP contribution in [0, 0.1) is 11.6 Å². The molecule has 5 heteroatoms. The van der Waals surface area contributed by atoms with Crippen molar-refractivity contribution >= 4 is 5.91 Å². The number of amides is 1. The Morgan fingerprint density at radius 3 is 2.50 bits per heavy atom. The highest BCUT2D eigenvalue weighted by Gasteiger charge is 2.31. The molecule has 1 saturated heterocycles. The van der Waals surface area contributed by atoms with Crippen molar-refractivity contribution in [1.82, 2.24) is 10.2 Å². The Balaban J connectivity index is 2.26. The standard InChI is InChI=1S/C13H16F2N2O/c1-13(2)8-17(7-6-16-13)12(18)11-9(14)4-3-5-10(11)15/h3-5,16H,6-8H2,1-2H3. The van der Waals surface area contributed by atoms with Gasteiger partial charge in [-0.25, -0.2) is 8.78 Å². The van der Waals surface area contributed by atoms with Gasteiger partial charge in [0.15, 0.2) is 0 Å². The number of piperazine rings is 1. The Morgan fingerprint density at radius 1 is 1.33 bits per heavy atom.